The lowest BCUT2D eigenvalue weighted by atomic mass is 10.0. The van der Waals surface area contributed by atoms with Crippen LogP contribution in [0.2, 0.25) is 0 Å². The van der Waals surface area contributed by atoms with Gasteiger partial charge < -0.3 is 10.1 Å². The molecule has 1 aliphatic rings. The molecule has 19 heavy (non-hydrogen) atoms. The van der Waals surface area contributed by atoms with Crippen molar-refractivity contribution in [3.8, 4) is 5.75 Å². The number of amides is 1. The van der Waals surface area contributed by atoms with Gasteiger partial charge in [0.15, 0.2) is 0 Å². The van der Waals surface area contributed by atoms with E-state index < -0.39 is 0 Å². The van der Waals surface area contributed by atoms with Crippen molar-refractivity contribution in [3.05, 3.63) is 29.8 Å². The summed E-state index contributed by atoms with van der Waals surface area (Å²) >= 11 is 5.61. The van der Waals surface area contributed by atoms with Crippen molar-refractivity contribution < 1.29 is 9.53 Å². The van der Waals surface area contributed by atoms with Gasteiger partial charge >= 0.3 is 0 Å². The Balaban J connectivity index is 2.00. The molecule has 0 aliphatic heterocycles. The van der Waals surface area contributed by atoms with Crippen LogP contribution in [0.15, 0.2) is 24.3 Å². The smallest absolute Gasteiger partial charge is 0.220 e. The fourth-order valence-electron chi connectivity index (χ4n) is 2.19. The summed E-state index contributed by atoms with van der Waals surface area (Å²) in [6, 6.07) is 8.08. The van der Waals surface area contributed by atoms with Gasteiger partial charge in [-0.3, -0.25) is 4.79 Å². The van der Waals surface area contributed by atoms with Crippen LogP contribution in [0, 0.1) is 5.92 Å². The second-order valence-corrected chi connectivity index (χ2v) is 5.33. The zero-order valence-electron chi connectivity index (χ0n) is 11.2. The molecule has 1 fully saturated rings. The van der Waals surface area contributed by atoms with Crippen LogP contribution in [-0.4, -0.2) is 18.9 Å². The van der Waals surface area contributed by atoms with E-state index >= 15 is 0 Å². The van der Waals surface area contributed by atoms with Gasteiger partial charge in [0.1, 0.15) is 5.75 Å². The van der Waals surface area contributed by atoms with E-state index in [2.05, 4.69) is 5.32 Å². The number of benzene rings is 1. The summed E-state index contributed by atoms with van der Waals surface area (Å²) in [5.41, 5.74) is 1.16. The predicted molar refractivity (Wildman–Crippen MR) is 76.6 cm³/mol. The average molecular weight is 282 g/mol. The van der Waals surface area contributed by atoms with Crippen molar-refractivity contribution in [2.45, 2.75) is 31.7 Å². The zero-order chi connectivity index (χ0) is 13.7. The molecule has 1 aromatic carbocycles. The highest BCUT2D eigenvalue weighted by Crippen LogP contribution is 2.41. The number of carbonyl (C=O) groups is 1. The Morgan fingerprint density at radius 3 is 2.63 bits per heavy atom. The summed E-state index contributed by atoms with van der Waals surface area (Å²) in [6.45, 7) is 0. The highest BCUT2D eigenvalue weighted by molar-refractivity contribution is 6.17. The van der Waals surface area contributed by atoms with Crippen LogP contribution in [0.5, 0.6) is 5.75 Å². The number of halogens is 1. The number of rotatable bonds is 7. The number of hydrogen-bond donors (Lipinski definition) is 1. The first kappa shape index (κ1) is 14.2. The lowest BCUT2D eigenvalue weighted by Gasteiger charge is -2.19. The summed E-state index contributed by atoms with van der Waals surface area (Å²) in [7, 11) is 1.65. The maximum Gasteiger partial charge on any atom is 0.220 e. The van der Waals surface area contributed by atoms with Crippen molar-refractivity contribution in [3.63, 3.8) is 0 Å². The first-order chi connectivity index (χ1) is 9.24. The van der Waals surface area contributed by atoms with E-state index in [9.17, 15) is 4.79 Å². The molecule has 1 atom stereocenters. The zero-order valence-corrected chi connectivity index (χ0v) is 12.0. The first-order valence-electron chi connectivity index (χ1n) is 6.74. The Morgan fingerprint density at radius 2 is 2.11 bits per heavy atom. The molecule has 1 saturated carbocycles. The highest BCUT2D eigenvalue weighted by Gasteiger charge is 2.33. The average Bonchev–Trinajstić information content (AvgIpc) is 3.27. The Bertz CT molecular complexity index is 415. The molecule has 0 bridgehead atoms. The molecule has 1 aliphatic carbocycles. The summed E-state index contributed by atoms with van der Waals surface area (Å²) < 4.78 is 5.16. The minimum atomic E-state index is 0.0911. The number of nitrogens with one attached hydrogen (secondary N) is 1. The number of ether oxygens (including phenoxy) is 1. The molecular formula is C15H20ClNO2. The van der Waals surface area contributed by atoms with Crippen LogP contribution in [0.25, 0.3) is 0 Å². The maximum absolute atomic E-state index is 11.8. The Labute approximate surface area is 119 Å². The summed E-state index contributed by atoms with van der Waals surface area (Å²) in [4.78, 5) is 11.8. The van der Waals surface area contributed by atoms with Crippen molar-refractivity contribution in [2.75, 3.05) is 13.0 Å². The molecule has 0 heterocycles. The van der Waals surface area contributed by atoms with Gasteiger partial charge in [0.25, 0.3) is 0 Å². The molecule has 0 radical (unpaired) electrons. The summed E-state index contributed by atoms with van der Waals surface area (Å²) in [5.74, 6) is 2.04. The molecule has 0 saturated heterocycles. The maximum atomic E-state index is 11.8. The molecule has 1 aromatic rings. The number of methoxy groups -OCH3 is 1. The predicted octanol–water partition coefficient (Wildman–Crippen LogP) is 3.28. The molecular weight excluding hydrogens is 262 g/mol. The lowest BCUT2D eigenvalue weighted by Crippen LogP contribution is -2.29. The quantitative estimate of drug-likeness (QED) is 0.779. The van der Waals surface area contributed by atoms with Crippen LogP contribution in [-0.2, 0) is 4.79 Å². The van der Waals surface area contributed by atoms with Crippen LogP contribution in [0.1, 0.15) is 37.3 Å². The number of hydrogen-bond acceptors (Lipinski definition) is 2. The number of carbonyl (C=O) groups excluding carboxylic acids is 1. The molecule has 0 aromatic heterocycles. The lowest BCUT2D eigenvalue weighted by molar-refractivity contribution is -0.122. The van der Waals surface area contributed by atoms with Crippen LogP contribution in [0.4, 0.5) is 0 Å². The molecule has 1 N–H and O–H groups in total. The van der Waals surface area contributed by atoms with Crippen LogP contribution >= 0.6 is 11.6 Å². The van der Waals surface area contributed by atoms with Crippen molar-refractivity contribution >= 4 is 17.5 Å². The van der Waals surface area contributed by atoms with Gasteiger partial charge in [0.2, 0.25) is 5.91 Å². The second-order valence-electron chi connectivity index (χ2n) is 4.95. The second kappa shape index (κ2) is 6.80. The third kappa shape index (κ3) is 4.13. The SMILES string of the molecule is COc1ccc(C(NC(=O)CCCCl)C2CC2)cc1. The van der Waals surface area contributed by atoms with Gasteiger partial charge in [-0.25, -0.2) is 0 Å². The Morgan fingerprint density at radius 1 is 1.42 bits per heavy atom. The highest BCUT2D eigenvalue weighted by atomic mass is 35.5. The Kier molecular flexibility index (Phi) is 5.08. The van der Waals surface area contributed by atoms with Gasteiger partial charge in [0, 0.05) is 12.3 Å². The summed E-state index contributed by atoms with van der Waals surface area (Å²) in [6.07, 6.45) is 3.61. The normalized spacial score (nSPS) is 15.9. The van der Waals surface area contributed by atoms with E-state index in [1.54, 1.807) is 7.11 Å². The first-order valence-corrected chi connectivity index (χ1v) is 7.27. The van der Waals surface area contributed by atoms with E-state index in [1.165, 1.54) is 12.8 Å². The largest absolute Gasteiger partial charge is 0.497 e. The molecule has 1 amide bonds. The van der Waals surface area contributed by atoms with E-state index in [0.29, 0.717) is 18.2 Å². The van der Waals surface area contributed by atoms with Gasteiger partial charge in [-0.15, -0.1) is 11.6 Å². The van der Waals surface area contributed by atoms with Crippen LogP contribution in [0.3, 0.4) is 0 Å². The fourth-order valence-corrected chi connectivity index (χ4v) is 2.32. The van der Waals surface area contributed by atoms with Gasteiger partial charge in [0.05, 0.1) is 13.2 Å². The monoisotopic (exact) mass is 281 g/mol. The van der Waals surface area contributed by atoms with Crippen molar-refractivity contribution in [1.82, 2.24) is 5.32 Å². The molecule has 3 nitrogen and oxygen atoms in total. The van der Waals surface area contributed by atoms with Crippen molar-refractivity contribution in [1.29, 1.82) is 0 Å². The van der Waals surface area contributed by atoms with E-state index in [0.717, 1.165) is 17.7 Å². The molecule has 1 unspecified atom stereocenters. The van der Waals surface area contributed by atoms with Crippen LogP contribution < -0.4 is 10.1 Å². The van der Waals surface area contributed by atoms with E-state index in [-0.39, 0.29) is 11.9 Å². The topological polar surface area (TPSA) is 38.3 Å². The third-order valence-corrected chi connectivity index (χ3v) is 3.69. The molecule has 104 valence electrons. The molecule has 4 heteroatoms. The van der Waals surface area contributed by atoms with Gasteiger partial charge in [-0.1, -0.05) is 12.1 Å². The minimum absolute atomic E-state index is 0.0911. The van der Waals surface area contributed by atoms with E-state index in [4.69, 9.17) is 16.3 Å². The third-order valence-electron chi connectivity index (χ3n) is 3.42. The Hall–Kier alpha value is -1.22. The minimum Gasteiger partial charge on any atom is -0.497 e. The van der Waals surface area contributed by atoms with Gasteiger partial charge in [-0.2, -0.15) is 0 Å². The molecule has 0 spiro atoms. The summed E-state index contributed by atoms with van der Waals surface area (Å²) in [5, 5.41) is 3.13. The number of alkyl halides is 1. The van der Waals surface area contributed by atoms with Gasteiger partial charge in [-0.05, 0) is 42.9 Å². The molecule has 2 rings (SSSR count). The fraction of sp³-hybridized carbons (Fsp3) is 0.533. The van der Waals surface area contributed by atoms with E-state index in [1.807, 2.05) is 24.3 Å². The standard InChI is InChI=1S/C15H20ClNO2/c1-19-13-8-6-12(7-9-13)15(11-4-5-11)17-14(18)3-2-10-16/h6-9,11,15H,2-5,10H2,1H3,(H,17,18). The van der Waals surface area contributed by atoms with Crippen molar-refractivity contribution in [2.24, 2.45) is 5.92 Å².